The first-order valence-electron chi connectivity index (χ1n) is 7.55. The summed E-state index contributed by atoms with van der Waals surface area (Å²) in [5.74, 6) is -0.257. The van der Waals surface area contributed by atoms with Gasteiger partial charge in [-0.3, -0.25) is 9.69 Å². The Morgan fingerprint density at radius 3 is 2.73 bits per heavy atom. The van der Waals surface area contributed by atoms with Crippen LogP contribution in [0.1, 0.15) is 12.5 Å². The molecule has 1 fully saturated rings. The van der Waals surface area contributed by atoms with Gasteiger partial charge in [0.1, 0.15) is 5.82 Å². The van der Waals surface area contributed by atoms with Crippen molar-refractivity contribution in [3.8, 4) is 0 Å². The molecule has 1 aromatic rings. The molecular weight excluding hydrogens is 287 g/mol. The average molecular weight is 310 g/mol. The third-order valence-corrected chi connectivity index (χ3v) is 3.43. The van der Waals surface area contributed by atoms with Crippen molar-refractivity contribution in [2.75, 3.05) is 39.5 Å². The monoisotopic (exact) mass is 310 g/mol. The van der Waals surface area contributed by atoms with Crippen LogP contribution in [0.2, 0.25) is 0 Å². The number of carbonyl (C=O) groups is 1. The van der Waals surface area contributed by atoms with Crippen molar-refractivity contribution < 1.29 is 18.7 Å². The van der Waals surface area contributed by atoms with Crippen molar-refractivity contribution in [3.63, 3.8) is 0 Å². The Kier molecular flexibility index (Phi) is 6.76. The molecule has 0 aromatic heterocycles. The molecule has 122 valence electrons. The van der Waals surface area contributed by atoms with Crippen LogP contribution in [0.3, 0.4) is 0 Å². The van der Waals surface area contributed by atoms with Crippen molar-refractivity contribution >= 4 is 5.91 Å². The van der Waals surface area contributed by atoms with Crippen LogP contribution < -0.4 is 5.32 Å². The number of carbonyl (C=O) groups excluding carboxylic acids is 1. The second-order valence-electron chi connectivity index (χ2n) is 5.50. The van der Waals surface area contributed by atoms with Crippen LogP contribution in [0.25, 0.3) is 0 Å². The molecule has 0 bridgehead atoms. The van der Waals surface area contributed by atoms with E-state index in [4.69, 9.17) is 9.47 Å². The Labute approximate surface area is 130 Å². The minimum Gasteiger partial charge on any atom is -0.379 e. The zero-order valence-electron chi connectivity index (χ0n) is 12.9. The molecule has 1 atom stereocenters. The summed E-state index contributed by atoms with van der Waals surface area (Å²) in [7, 11) is 0. The van der Waals surface area contributed by atoms with Crippen LogP contribution in [-0.2, 0) is 20.9 Å². The third-order valence-electron chi connectivity index (χ3n) is 3.43. The van der Waals surface area contributed by atoms with Gasteiger partial charge in [0.25, 0.3) is 0 Å². The van der Waals surface area contributed by atoms with Crippen molar-refractivity contribution in [1.82, 2.24) is 10.2 Å². The molecule has 22 heavy (non-hydrogen) atoms. The molecule has 1 heterocycles. The Hall–Kier alpha value is -1.50. The van der Waals surface area contributed by atoms with Gasteiger partial charge in [-0.05, 0) is 24.6 Å². The van der Waals surface area contributed by atoms with Crippen LogP contribution in [0.5, 0.6) is 0 Å². The van der Waals surface area contributed by atoms with Crippen LogP contribution in [-0.4, -0.2) is 56.3 Å². The van der Waals surface area contributed by atoms with Crippen molar-refractivity contribution in [2.24, 2.45) is 0 Å². The molecule has 1 N–H and O–H groups in total. The second kappa shape index (κ2) is 8.82. The fourth-order valence-corrected chi connectivity index (χ4v) is 2.26. The summed E-state index contributed by atoms with van der Waals surface area (Å²) in [5.41, 5.74) is 0.910. The summed E-state index contributed by atoms with van der Waals surface area (Å²) in [6.07, 6.45) is 0. The number of nitrogens with zero attached hydrogens (tertiary/aromatic N) is 1. The molecule has 2 rings (SSSR count). The summed E-state index contributed by atoms with van der Waals surface area (Å²) < 4.78 is 23.6. The van der Waals surface area contributed by atoms with Crippen molar-refractivity contribution in [1.29, 1.82) is 0 Å². The van der Waals surface area contributed by atoms with Gasteiger partial charge >= 0.3 is 0 Å². The van der Waals surface area contributed by atoms with E-state index in [1.54, 1.807) is 12.1 Å². The highest BCUT2D eigenvalue weighted by atomic mass is 19.1. The standard InChI is InChI=1S/C16H23FN2O3/c1-13(11-22-12-14-2-4-15(17)5-3-14)18-16(20)10-19-6-8-21-9-7-19/h2-5,13H,6-12H2,1H3,(H,18,20). The maximum absolute atomic E-state index is 12.8. The molecular formula is C16H23FN2O3. The number of morpholine rings is 1. The lowest BCUT2D eigenvalue weighted by Crippen LogP contribution is -2.46. The van der Waals surface area contributed by atoms with Gasteiger partial charge in [-0.15, -0.1) is 0 Å². The predicted octanol–water partition coefficient (Wildman–Crippen LogP) is 1.18. The van der Waals surface area contributed by atoms with Gasteiger partial charge in [-0.25, -0.2) is 4.39 Å². The van der Waals surface area contributed by atoms with E-state index in [2.05, 4.69) is 10.2 Å². The second-order valence-corrected chi connectivity index (χ2v) is 5.50. The number of amides is 1. The van der Waals surface area contributed by atoms with Crippen LogP contribution >= 0.6 is 0 Å². The largest absolute Gasteiger partial charge is 0.379 e. The van der Waals surface area contributed by atoms with Gasteiger partial charge in [-0.1, -0.05) is 12.1 Å². The van der Waals surface area contributed by atoms with Gasteiger partial charge in [0.2, 0.25) is 5.91 Å². The lowest BCUT2D eigenvalue weighted by molar-refractivity contribution is -0.124. The number of nitrogens with one attached hydrogen (secondary N) is 1. The number of hydrogen-bond donors (Lipinski definition) is 1. The zero-order valence-corrected chi connectivity index (χ0v) is 12.9. The van der Waals surface area contributed by atoms with E-state index in [9.17, 15) is 9.18 Å². The molecule has 1 aliphatic rings. The van der Waals surface area contributed by atoms with E-state index >= 15 is 0 Å². The summed E-state index contributed by atoms with van der Waals surface area (Å²) in [6.45, 7) is 6.09. The van der Waals surface area contributed by atoms with Gasteiger partial charge < -0.3 is 14.8 Å². The van der Waals surface area contributed by atoms with E-state index in [1.807, 2.05) is 6.92 Å². The summed E-state index contributed by atoms with van der Waals surface area (Å²) >= 11 is 0. The first-order valence-corrected chi connectivity index (χ1v) is 7.55. The molecule has 1 amide bonds. The SMILES string of the molecule is CC(COCc1ccc(F)cc1)NC(=O)CN1CCOCC1. The summed E-state index contributed by atoms with van der Waals surface area (Å²) in [5, 5.41) is 2.92. The Morgan fingerprint density at radius 1 is 1.36 bits per heavy atom. The van der Waals surface area contributed by atoms with E-state index in [0.29, 0.717) is 33.0 Å². The number of rotatable bonds is 7. The number of benzene rings is 1. The number of halogens is 1. The quantitative estimate of drug-likeness (QED) is 0.822. The molecule has 5 nitrogen and oxygen atoms in total. The normalized spacial score (nSPS) is 17.2. The van der Waals surface area contributed by atoms with Crippen LogP contribution in [0.4, 0.5) is 4.39 Å². The minimum atomic E-state index is -0.257. The highest BCUT2D eigenvalue weighted by Gasteiger charge is 2.15. The molecule has 0 spiro atoms. The summed E-state index contributed by atoms with van der Waals surface area (Å²) in [4.78, 5) is 14.0. The molecule has 0 radical (unpaired) electrons. The third kappa shape index (κ3) is 6.09. The Bertz CT molecular complexity index is 461. The highest BCUT2D eigenvalue weighted by Crippen LogP contribution is 2.04. The van der Waals surface area contributed by atoms with E-state index in [-0.39, 0.29) is 17.8 Å². The van der Waals surface area contributed by atoms with E-state index in [1.165, 1.54) is 12.1 Å². The highest BCUT2D eigenvalue weighted by molar-refractivity contribution is 5.78. The molecule has 1 aliphatic heterocycles. The maximum atomic E-state index is 12.8. The smallest absolute Gasteiger partial charge is 0.234 e. The average Bonchev–Trinajstić information content (AvgIpc) is 2.50. The molecule has 0 saturated carbocycles. The number of hydrogen-bond acceptors (Lipinski definition) is 4. The van der Waals surface area contributed by atoms with Crippen LogP contribution in [0, 0.1) is 5.82 Å². The summed E-state index contributed by atoms with van der Waals surface area (Å²) in [6, 6.07) is 6.14. The molecule has 1 unspecified atom stereocenters. The van der Waals surface area contributed by atoms with Crippen LogP contribution in [0.15, 0.2) is 24.3 Å². The van der Waals surface area contributed by atoms with Gasteiger partial charge in [0.15, 0.2) is 0 Å². The Balaban J connectivity index is 1.61. The molecule has 1 saturated heterocycles. The molecule has 1 aromatic carbocycles. The van der Waals surface area contributed by atoms with Crippen molar-refractivity contribution in [3.05, 3.63) is 35.6 Å². The van der Waals surface area contributed by atoms with Gasteiger partial charge in [0, 0.05) is 19.1 Å². The topological polar surface area (TPSA) is 50.8 Å². The first kappa shape index (κ1) is 16.9. The minimum absolute atomic E-state index is 0.000202. The molecule has 6 heteroatoms. The fraction of sp³-hybridized carbons (Fsp3) is 0.562. The van der Waals surface area contributed by atoms with Gasteiger partial charge in [-0.2, -0.15) is 0 Å². The zero-order chi connectivity index (χ0) is 15.8. The molecule has 0 aliphatic carbocycles. The maximum Gasteiger partial charge on any atom is 0.234 e. The van der Waals surface area contributed by atoms with Crippen molar-refractivity contribution in [2.45, 2.75) is 19.6 Å². The Morgan fingerprint density at radius 2 is 2.05 bits per heavy atom. The lowest BCUT2D eigenvalue weighted by atomic mass is 10.2. The predicted molar refractivity (Wildman–Crippen MR) is 80.9 cm³/mol. The number of ether oxygens (including phenoxy) is 2. The van der Waals surface area contributed by atoms with Gasteiger partial charge in [0.05, 0.1) is 33.0 Å². The fourth-order valence-electron chi connectivity index (χ4n) is 2.26. The van der Waals surface area contributed by atoms with E-state index < -0.39 is 0 Å². The van der Waals surface area contributed by atoms with E-state index in [0.717, 1.165) is 18.7 Å². The lowest BCUT2D eigenvalue weighted by Gasteiger charge is -2.26. The first-order chi connectivity index (χ1) is 10.6.